The van der Waals surface area contributed by atoms with Crippen molar-refractivity contribution in [3.8, 4) is 0 Å². The number of anilines is 1. The molecule has 0 radical (unpaired) electrons. The van der Waals surface area contributed by atoms with Crippen LogP contribution in [0, 0.1) is 0 Å². The Balaban J connectivity index is 1.61. The SMILES string of the molecule is Cn1c(=O)c(S(=O)(=O)c2ccccc2)c(N2CCN(C(=O)C3=CCCS3)CC2)c2ccccc21. The maximum atomic E-state index is 13.7. The van der Waals surface area contributed by atoms with Crippen LogP contribution in [0.2, 0.25) is 0 Å². The molecule has 3 aromatic rings. The first-order valence-electron chi connectivity index (χ1n) is 11.2. The normalized spacial score (nSPS) is 16.7. The molecular formula is C25H25N3O4S2. The van der Waals surface area contributed by atoms with E-state index in [9.17, 15) is 18.0 Å². The molecule has 0 N–H and O–H groups in total. The summed E-state index contributed by atoms with van der Waals surface area (Å²) in [6, 6.07) is 15.4. The molecule has 0 unspecified atom stereocenters. The van der Waals surface area contributed by atoms with E-state index in [-0.39, 0.29) is 15.7 Å². The smallest absolute Gasteiger partial charge is 0.272 e. The van der Waals surface area contributed by atoms with Gasteiger partial charge in [-0.15, -0.1) is 11.8 Å². The summed E-state index contributed by atoms with van der Waals surface area (Å²) < 4.78 is 28.9. The Morgan fingerprint density at radius 2 is 1.62 bits per heavy atom. The summed E-state index contributed by atoms with van der Waals surface area (Å²) >= 11 is 1.58. The number of aromatic nitrogens is 1. The molecule has 0 aliphatic carbocycles. The van der Waals surface area contributed by atoms with E-state index in [0.29, 0.717) is 42.8 Å². The van der Waals surface area contributed by atoms with Gasteiger partial charge in [0.05, 0.1) is 21.0 Å². The van der Waals surface area contributed by atoms with Crippen LogP contribution in [0.5, 0.6) is 0 Å². The minimum Gasteiger partial charge on any atom is -0.366 e. The third-order valence-corrected chi connectivity index (χ3v) is 9.25. The van der Waals surface area contributed by atoms with Gasteiger partial charge in [-0.05, 0) is 24.6 Å². The molecule has 2 aromatic carbocycles. The standard InChI is InChI=1S/C25H25N3O4S2/c1-26-20-11-6-5-10-19(20)22(23(25(26)30)34(31,32)18-8-3-2-4-9-18)27-13-15-28(16-14-27)24(29)21-12-7-17-33-21/h2-6,8-12H,7,13-17H2,1H3. The van der Waals surface area contributed by atoms with Gasteiger partial charge in [-0.25, -0.2) is 8.42 Å². The van der Waals surface area contributed by atoms with Crippen molar-refractivity contribution in [1.82, 2.24) is 9.47 Å². The van der Waals surface area contributed by atoms with Gasteiger partial charge in [0.25, 0.3) is 11.5 Å². The monoisotopic (exact) mass is 495 g/mol. The largest absolute Gasteiger partial charge is 0.366 e. The third-order valence-electron chi connectivity index (χ3n) is 6.36. The lowest BCUT2D eigenvalue weighted by Crippen LogP contribution is -2.49. The van der Waals surface area contributed by atoms with Gasteiger partial charge in [0.2, 0.25) is 9.84 Å². The van der Waals surface area contributed by atoms with E-state index >= 15 is 0 Å². The molecule has 0 atom stereocenters. The predicted octanol–water partition coefficient (Wildman–Crippen LogP) is 3.04. The molecule has 0 bridgehead atoms. The van der Waals surface area contributed by atoms with Crippen LogP contribution in [0.4, 0.5) is 5.69 Å². The average molecular weight is 496 g/mol. The van der Waals surface area contributed by atoms with Crippen LogP contribution in [-0.2, 0) is 21.7 Å². The molecule has 34 heavy (non-hydrogen) atoms. The number of sulfone groups is 1. The third kappa shape index (κ3) is 3.82. The molecule has 1 amide bonds. The number of piperazine rings is 1. The molecule has 0 saturated carbocycles. The highest BCUT2D eigenvalue weighted by Gasteiger charge is 2.33. The second kappa shape index (κ2) is 8.96. The van der Waals surface area contributed by atoms with Crippen LogP contribution in [-0.4, -0.2) is 55.7 Å². The van der Waals surface area contributed by atoms with Crippen molar-refractivity contribution < 1.29 is 13.2 Å². The lowest BCUT2D eigenvalue weighted by molar-refractivity contribution is -0.126. The summed E-state index contributed by atoms with van der Waals surface area (Å²) in [5.74, 6) is 0.967. The molecule has 1 fully saturated rings. The number of benzene rings is 2. The maximum Gasteiger partial charge on any atom is 0.272 e. The Kier molecular flexibility index (Phi) is 5.99. The van der Waals surface area contributed by atoms with Crippen molar-refractivity contribution in [1.29, 1.82) is 0 Å². The first kappa shape index (κ1) is 22.7. The molecule has 2 aliphatic heterocycles. The van der Waals surface area contributed by atoms with Gasteiger partial charge in [-0.3, -0.25) is 9.59 Å². The number of hydrogen-bond acceptors (Lipinski definition) is 6. The number of para-hydroxylation sites is 1. The van der Waals surface area contributed by atoms with Crippen LogP contribution in [0.15, 0.2) is 80.2 Å². The van der Waals surface area contributed by atoms with Crippen molar-refractivity contribution in [2.24, 2.45) is 7.05 Å². The molecule has 7 nitrogen and oxygen atoms in total. The molecule has 9 heteroatoms. The number of pyridine rings is 1. The van der Waals surface area contributed by atoms with Crippen molar-refractivity contribution >= 4 is 44.1 Å². The molecule has 1 saturated heterocycles. The summed E-state index contributed by atoms with van der Waals surface area (Å²) in [6.07, 6.45) is 2.89. The summed E-state index contributed by atoms with van der Waals surface area (Å²) in [4.78, 5) is 30.8. The fourth-order valence-electron chi connectivity index (χ4n) is 4.58. The predicted molar refractivity (Wildman–Crippen MR) is 135 cm³/mol. The zero-order chi connectivity index (χ0) is 23.9. The minimum atomic E-state index is -4.07. The topological polar surface area (TPSA) is 79.7 Å². The van der Waals surface area contributed by atoms with Gasteiger partial charge >= 0.3 is 0 Å². The van der Waals surface area contributed by atoms with Gasteiger partial charge in [-0.1, -0.05) is 42.5 Å². The van der Waals surface area contributed by atoms with E-state index in [1.54, 1.807) is 37.0 Å². The number of amides is 1. The average Bonchev–Trinajstić information content (AvgIpc) is 3.41. The number of allylic oxidation sites excluding steroid dienone is 1. The number of fused-ring (bicyclic) bond motifs is 1. The van der Waals surface area contributed by atoms with Gasteiger partial charge in [0.15, 0.2) is 4.90 Å². The number of nitrogens with zero attached hydrogens (tertiary/aromatic N) is 3. The lowest BCUT2D eigenvalue weighted by Gasteiger charge is -2.37. The highest BCUT2D eigenvalue weighted by Crippen LogP contribution is 2.35. The first-order valence-corrected chi connectivity index (χ1v) is 13.7. The number of carbonyl (C=O) groups excluding carboxylic acids is 1. The fourth-order valence-corrected chi connectivity index (χ4v) is 7.14. The Morgan fingerprint density at radius 1 is 0.941 bits per heavy atom. The van der Waals surface area contributed by atoms with E-state index in [0.717, 1.165) is 17.1 Å². The Morgan fingerprint density at radius 3 is 2.29 bits per heavy atom. The molecule has 0 spiro atoms. The van der Waals surface area contributed by atoms with E-state index in [4.69, 9.17) is 0 Å². The van der Waals surface area contributed by atoms with Crippen molar-refractivity contribution in [2.75, 3.05) is 36.8 Å². The van der Waals surface area contributed by atoms with Crippen molar-refractivity contribution in [2.45, 2.75) is 16.2 Å². The molecule has 176 valence electrons. The first-order chi connectivity index (χ1) is 16.4. The van der Waals surface area contributed by atoms with E-state index < -0.39 is 15.4 Å². The maximum absolute atomic E-state index is 13.7. The fraction of sp³-hybridized carbons (Fsp3) is 0.280. The highest BCUT2D eigenvalue weighted by molar-refractivity contribution is 8.04. The second-order valence-electron chi connectivity index (χ2n) is 8.36. The zero-order valence-electron chi connectivity index (χ0n) is 18.8. The lowest BCUT2D eigenvalue weighted by atomic mass is 10.1. The minimum absolute atomic E-state index is 0.0353. The molecule has 3 heterocycles. The van der Waals surface area contributed by atoms with E-state index in [1.165, 1.54) is 16.7 Å². The summed E-state index contributed by atoms with van der Waals surface area (Å²) in [5.41, 5.74) is 0.535. The van der Waals surface area contributed by atoms with Gasteiger partial charge in [0.1, 0.15) is 0 Å². The van der Waals surface area contributed by atoms with Crippen LogP contribution < -0.4 is 10.5 Å². The van der Waals surface area contributed by atoms with Crippen molar-refractivity contribution in [3.05, 3.63) is 75.9 Å². The number of thioether (sulfide) groups is 1. The molecule has 1 aromatic heterocycles. The molecular weight excluding hydrogens is 470 g/mol. The van der Waals surface area contributed by atoms with Crippen LogP contribution in [0.25, 0.3) is 10.9 Å². The van der Waals surface area contributed by atoms with Crippen LogP contribution >= 0.6 is 11.8 Å². The van der Waals surface area contributed by atoms with Crippen molar-refractivity contribution in [3.63, 3.8) is 0 Å². The Hall–Kier alpha value is -3.04. The Bertz CT molecular complexity index is 1450. The zero-order valence-corrected chi connectivity index (χ0v) is 20.4. The van der Waals surface area contributed by atoms with E-state index in [1.807, 2.05) is 40.1 Å². The highest BCUT2D eigenvalue weighted by atomic mass is 32.2. The van der Waals surface area contributed by atoms with Crippen LogP contribution in [0.3, 0.4) is 0 Å². The summed E-state index contributed by atoms with van der Waals surface area (Å²) in [5, 5.41) is 0.702. The number of carbonyl (C=O) groups is 1. The quantitative estimate of drug-likeness (QED) is 0.554. The summed E-state index contributed by atoms with van der Waals surface area (Å²) in [6.45, 7) is 1.81. The van der Waals surface area contributed by atoms with Gasteiger partial charge in [0, 0.05) is 44.4 Å². The molecule has 2 aliphatic rings. The summed E-state index contributed by atoms with van der Waals surface area (Å²) in [7, 11) is -2.48. The van der Waals surface area contributed by atoms with Crippen LogP contribution in [0.1, 0.15) is 6.42 Å². The number of rotatable bonds is 4. The molecule has 5 rings (SSSR count). The van der Waals surface area contributed by atoms with E-state index in [2.05, 4.69) is 0 Å². The van der Waals surface area contributed by atoms with Gasteiger partial charge in [-0.2, -0.15) is 0 Å². The van der Waals surface area contributed by atoms with Gasteiger partial charge < -0.3 is 14.4 Å². The number of hydrogen-bond donors (Lipinski definition) is 0. The Labute approximate surface area is 202 Å². The second-order valence-corrected chi connectivity index (χ2v) is 11.4. The number of aryl methyl sites for hydroxylation is 1.